The quantitative estimate of drug-likeness (QED) is 0.513. The van der Waals surface area contributed by atoms with E-state index in [0.29, 0.717) is 18.0 Å². The van der Waals surface area contributed by atoms with Crippen molar-refractivity contribution in [3.05, 3.63) is 53.6 Å². The van der Waals surface area contributed by atoms with Gasteiger partial charge in [-0.05, 0) is 30.2 Å². The molecule has 1 aliphatic rings. The van der Waals surface area contributed by atoms with Gasteiger partial charge in [0, 0.05) is 37.9 Å². The number of guanidine groups is 1. The molecule has 7 heteroatoms. The van der Waals surface area contributed by atoms with Crippen LogP contribution in [0.4, 0.5) is 5.69 Å². The van der Waals surface area contributed by atoms with E-state index in [-0.39, 0.29) is 0 Å². The minimum absolute atomic E-state index is 0.597. The first kappa shape index (κ1) is 21.9. The summed E-state index contributed by atoms with van der Waals surface area (Å²) in [5, 5.41) is 6.63. The molecule has 0 spiro atoms. The minimum Gasteiger partial charge on any atom is -0.493 e. The summed E-state index contributed by atoms with van der Waals surface area (Å²) in [6.07, 6.45) is 0. The number of ether oxygens (including phenoxy) is 3. The standard InChI is InChI=1S/C23H32N4O3/c1-4-24-23(26-20-8-9-21(28-2)22(15-20)29-3)25-16-18-6-5-7-19(14-18)17-27-10-12-30-13-11-27/h5-9,14-15H,4,10-13,16-17H2,1-3H3,(H2,24,25,26). The third-order valence-corrected chi connectivity index (χ3v) is 4.91. The molecule has 3 rings (SSSR count). The summed E-state index contributed by atoms with van der Waals surface area (Å²) in [5.74, 6) is 2.10. The number of nitrogens with zero attached hydrogens (tertiary/aromatic N) is 2. The van der Waals surface area contributed by atoms with Crippen LogP contribution in [0, 0.1) is 0 Å². The van der Waals surface area contributed by atoms with Gasteiger partial charge in [-0.2, -0.15) is 0 Å². The van der Waals surface area contributed by atoms with E-state index in [9.17, 15) is 0 Å². The summed E-state index contributed by atoms with van der Waals surface area (Å²) in [7, 11) is 3.26. The van der Waals surface area contributed by atoms with Crippen molar-refractivity contribution in [2.45, 2.75) is 20.0 Å². The molecule has 0 unspecified atom stereocenters. The molecule has 0 amide bonds. The number of methoxy groups -OCH3 is 2. The molecule has 2 aromatic carbocycles. The van der Waals surface area contributed by atoms with Crippen LogP contribution in [0.1, 0.15) is 18.1 Å². The molecule has 1 fully saturated rings. The first-order valence-electron chi connectivity index (χ1n) is 10.4. The van der Waals surface area contributed by atoms with Crippen LogP contribution in [-0.2, 0) is 17.8 Å². The van der Waals surface area contributed by atoms with Crippen molar-refractivity contribution in [2.75, 3.05) is 52.4 Å². The maximum absolute atomic E-state index is 5.44. The molecule has 0 radical (unpaired) electrons. The molecule has 1 aliphatic heterocycles. The molecule has 0 bridgehead atoms. The van der Waals surface area contributed by atoms with Crippen molar-refractivity contribution >= 4 is 11.6 Å². The number of nitrogens with one attached hydrogen (secondary N) is 2. The van der Waals surface area contributed by atoms with Gasteiger partial charge in [0.05, 0.1) is 34.0 Å². The SMILES string of the molecule is CCNC(=NCc1cccc(CN2CCOCC2)c1)Nc1ccc(OC)c(OC)c1. The number of anilines is 1. The van der Waals surface area contributed by atoms with E-state index < -0.39 is 0 Å². The molecule has 30 heavy (non-hydrogen) atoms. The maximum atomic E-state index is 5.44. The number of morpholine rings is 1. The average molecular weight is 413 g/mol. The van der Waals surface area contributed by atoms with Crippen molar-refractivity contribution in [2.24, 2.45) is 4.99 Å². The van der Waals surface area contributed by atoms with E-state index in [1.54, 1.807) is 14.2 Å². The molecule has 2 aromatic rings. The molecule has 1 saturated heterocycles. The normalized spacial score (nSPS) is 15.0. The lowest BCUT2D eigenvalue weighted by Gasteiger charge is -2.26. The van der Waals surface area contributed by atoms with Crippen molar-refractivity contribution in [3.63, 3.8) is 0 Å². The topological polar surface area (TPSA) is 67.4 Å². The molecular formula is C23H32N4O3. The number of hydrogen-bond acceptors (Lipinski definition) is 5. The second kappa shape index (κ2) is 11.4. The Morgan fingerprint density at radius 2 is 1.80 bits per heavy atom. The monoisotopic (exact) mass is 412 g/mol. The van der Waals surface area contributed by atoms with Crippen molar-refractivity contribution in [1.29, 1.82) is 0 Å². The van der Waals surface area contributed by atoms with Crippen LogP contribution in [0.25, 0.3) is 0 Å². The second-order valence-electron chi connectivity index (χ2n) is 7.10. The van der Waals surface area contributed by atoms with Gasteiger partial charge in [-0.15, -0.1) is 0 Å². The van der Waals surface area contributed by atoms with Gasteiger partial charge < -0.3 is 24.8 Å². The highest BCUT2D eigenvalue weighted by Crippen LogP contribution is 2.29. The highest BCUT2D eigenvalue weighted by molar-refractivity contribution is 5.93. The van der Waals surface area contributed by atoms with Gasteiger partial charge in [0.1, 0.15) is 0 Å². The lowest BCUT2D eigenvalue weighted by molar-refractivity contribution is 0.0342. The third kappa shape index (κ3) is 6.37. The smallest absolute Gasteiger partial charge is 0.196 e. The van der Waals surface area contributed by atoms with Gasteiger partial charge in [0.2, 0.25) is 0 Å². The van der Waals surface area contributed by atoms with Gasteiger partial charge in [0.25, 0.3) is 0 Å². The van der Waals surface area contributed by atoms with Crippen molar-refractivity contribution in [1.82, 2.24) is 10.2 Å². The molecule has 2 N–H and O–H groups in total. The Kier molecular flexibility index (Phi) is 8.35. The number of aliphatic imine (C=N–C) groups is 1. The Hall–Kier alpha value is -2.77. The zero-order valence-electron chi connectivity index (χ0n) is 18.1. The Morgan fingerprint density at radius 1 is 1.03 bits per heavy atom. The van der Waals surface area contributed by atoms with Crippen LogP contribution in [-0.4, -0.2) is 57.9 Å². The zero-order valence-corrected chi connectivity index (χ0v) is 18.1. The molecule has 7 nitrogen and oxygen atoms in total. The van der Waals surface area contributed by atoms with Crippen LogP contribution >= 0.6 is 0 Å². The maximum Gasteiger partial charge on any atom is 0.196 e. The fraction of sp³-hybridized carbons (Fsp3) is 0.435. The predicted octanol–water partition coefficient (Wildman–Crippen LogP) is 3.11. The van der Waals surface area contributed by atoms with Crippen LogP contribution in [0.2, 0.25) is 0 Å². The Balaban J connectivity index is 1.66. The van der Waals surface area contributed by atoms with E-state index in [1.165, 1.54) is 11.1 Å². The molecule has 0 saturated carbocycles. The fourth-order valence-electron chi connectivity index (χ4n) is 3.37. The van der Waals surface area contributed by atoms with Crippen LogP contribution in [0.15, 0.2) is 47.5 Å². The molecular weight excluding hydrogens is 380 g/mol. The molecule has 0 aliphatic carbocycles. The summed E-state index contributed by atoms with van der Waals surface area (Å²) in [6, 6.07) is 14.3. The van der Waals surface area contributed by atoms with Gasteiger partial charge in [0.15, 0.2) is 17.5 Å². The first-order valence-corrected chi connectivity index (χ1v) is 10.4. The van der Waals surface area contributed by atoms with Crippen LogP contribution in [0.3, 0.4) is 0 Å². The second-order valence-corrected chi connectivity index (χ2v) is 7.10. The van der Waals surface area contributed by atoms with E-state index >= 15 is 0 Å². The Labute approximate surface area is 179 Å². The van der Waals surface area contributed by atoms with Crippen LogP contribution < -0.4 is 20.1 Å². The van der Waals surface area contributed by atoms with E-state index in [2.05, 4.69) is 46.7 Å². The molecule has 162 valence electrons. The summed E-state index contributed by atoms with van der Waals surface area (Å²) in [5.41, 5.74) is 3.38. The number of hydrogen-bond donors (Lipinski definition) is 2. The van der Waals surface area contributed by atoms with Crippen molar-refractivity contribution < 1.29 is 14.2 Å². The first-order chi connectivity index (χ1) is 14.7. The highest BCUT2D eigenvalue weighted by atomic mass is 16.5. The van der Waals surface area contributed by atoms with Gasteiger partial charge >= 0.3 is 0 Å². The predicted molar refractivity (Wildman–Crippen MR) is 121 cm³/mol. The van der Waals surface area contributed by atoms with E-state index in [0.717, 1.165) is 51.0 Å². The average Bonchev–Trinajstić information content (AvgIpc) is 2.78. The molecule has 1 heterocycles. The molecule has 0 atom stereocenters. The van der Waals surface area contributed by atoms with Gasteiger partial charge in [-0.25, -0.2) is 4.99 Å². The van der Waals surface area contributed by atoms with Gasteiger partial charge in [-0.3, -0.25) is 4.90 Å². The van der Waals surface area contributed by atoms with E-state index in [1.807, 2.05) is 18.2 Å². The fourth-order valence-corrected chi connectivity index (χ4v) is 3.37. The summed E-state index contributed by atoms with van der Waals surface area (Å²) in [6.45, 7) is 7.98. The summed E-state index contributed by atoms with van der Waals surface area (Å²) >= 11 is 0. The number of benzene rings is 2. The lowest BCUT2D eigenvalue weighted by Crippen LogP contribution is -2.35. The largest absolute Gasteiger partial charge is 0.493 e. The minimum atomic E-state index is 0.597. The Bertz CT molecular complexity index is 835. The van der Waals surface area contributed by atoms with Crippen molar-refractivity contribution in [3.8, 4) is 11.5 Å². The highest BCUT2D eigenvalue weighted by Gasteiger charge is 2.11. The molecule has 0 aromatic heterocycles. The summed E-state index contributed by atoms with van der Waals surface area (Å²) < 4.78 is 16.1. The Morgan fingerprint density at radius 3 is 2.53 bits per heavy atom. The van der Waals surface area contributed by atoms with Gasteiger partial charge in [-0.1, -0.05) is 24.3 Å². The third-order valence-electron chi connectivity index (χ3n) is 4.91. The van der Waals surface area contributed by atoms with Crippen LogP contribution in [0.5, 0.6) is 11.5 Å². The van der Waals surface area contributed by atoms with E-state index in [4.69, 9.17) is 19.2 Å². The number of rotatable bonds is 8. The lowest BCUT2D eigenvalue weighted by atomic mass is 10.1. The zero-order chi connectivity index (χ0) is 21.2. The summed E-state index contributed by atoms with van der Waals surface area (Å²) in [4.78, 5) is 7.18.